The maximum absolute atomic E-state index is 5.37. The van der Waals surface area contributed by atoms with Crippen LogP contribution < -0.4 is 14.2 Å². The van der Waals surface area contributed by atoms with Gasteiger partial charge in [-0.3, -0.25) is 0 Å². The topological polar surface area (TPSA) is 73.7 Å². The highest BCUT2D eigenvalue weighted by Crippen LogP contribution is 2.24. The number of ether oxygens (including phenoxy) is 3. The molecule has 7 nitrogen and oxygen atoms in total. The lowest BCUT2D eigenvalue weighted by molar-refractivity contribution is 0.402. The number of hydrogen-bond donors (Lipinski definition) is 1. The molecule has 0 aliphatic heterocycles. The molecule has 1 N–H and O–H groups in total. The van der Waals surface area contributed by atoms with E-state index in [0.29, 0.717) is 22.1 Å². The Morgan fingerprint density at radius 2 is 1.81 bits per heavy atom. The molecule has 0 aliphatic carbocycles. The summed E-state index contributed by atoms with van der Waals surface area (Å²) >= 11 is 5.30. The maximum Gasteiger partial charge on any atom is 0.216 e. The van der Waals surface area contributed by atoms with Crippen LogP contribution in [-0.4, -0.2) is 42.4 Å². The number of rotatable bonds is 6. The predicted molar refractivity (Wildman–Crippen MR) is 102 cm³/mol. The van der Waals surface area contributed by atoms with Crippen molar-refractivity contribution in [3.05, 3.63) is 52.8 Å². The molecule has 134 valence electrons. The zero-order valence-electron chi connectivity index (χ0n) is 14.6. The van der Waals surface area contributed by atoms with Gasteiger partial charge in [0.2, 0.25) is 4.77 Å². The van der Waals surface area contributed by atoms with Crippen LogP contribution in [0, 0.1) is 4.77 Å². The van der Waals surface area contributed by atoms with E-state index >= 15 is 0 Å². The van der Waals surface area contributed by atoms with Gasteiger partial charge in [0.1, 0.15) is 17.2 Å². The Kier molecular flexibility index (Phi) is 5.33. The summed E-state index contributed by atoms with van der Waals surface area (Å²) in [7, 11) is 4.82. The van der Waals surface area contributed by atoms with Gasteiger partial charge >= 0.3 is 0 Å². The molecule has 1 heterocycles. The van der Waals surface area contributed by atoms with Crippen LogP contribution in [0.15, 0.2) is 47.6 Å². The van der Waals surface area contributed by atoms with E-state index in [4.69, 9.17) is 26.4 Å². The van der Waals surface area contributed by atoms with E-state index in [-0.39, 0.29) is 0 Å². The van der Waals surface area contributed by atoms with Crippen molar-refractivity contribution < 1.29 is 14.2 Å². The summed E-state index contributed by atoms with van der Waals surface area (Å²) in [5, 5.41) is 11.5. The van der Waals surface area contributed by atoms with Crippen molar-refractivity contribution in [2.45, 2.75) is 0 Å². The van der Waals surface area contributed by atoms with Crippen LogP contribution in [0.25, 0.3) is 11.4 Å². The Morgan fingerprint density at radius 3 is 2.54 bits per heavy atom. The second kappa shape index (κ2) is 7.83. The summed E-state index contributed by atoms with van der Waals surface area (Å²) in [4.78, 5) is 0. The van der Waals surface area contributed by atoms with E-state index in [1.165, 1.54) is 0 Å². The SMILES string of the molecule is COc1cccc(-c2n[nH]c(=S)n2/N=C\c2cc(OC)ccc2OC)c1. The molecule has 0 atom stereocenters. The van der Waals surface area contributed by atoms with Crippen molar-refractivity contribution in [2.24, 2.45) is 5.10 Å². The van der Waals surface area contributed by atoms with Gasteiger partial charge in [-0.25, -0.2) is 5.10 Å². The van der Waals surface area contributed by atoms with E-state index in [1.807, 2.05) is 42.5 Å². The Morgan fingerprint density at radius 1 is 1.04 bits per heavy atom. The first-order valence-electron chi connectivity index (χ1n) is 7.74. The van der Waals surface area contributed by atoms with Gasteiger partial charge in [-0.05, 0) is 42.5 Å². The first-order valence-corrected chi connectivity index (χ1v) is 8.15. The van der Waals surface area contributed by atoms with Gasteiger partial charge in [0.05, 0.1) is 27.5 Å². The third-order valence-electron chi connectivity index (χ3n) is 3.73. The van der Waals surface area contributed by atoms with Gasteiger partial charge in [0, 0.05) is 11.1 Å². The first-order chi connectivity index (χ1) is 12.7. The van der Waals surface area contributed by atoms with Gasteiger partial charge in [-0.1, -0.05) is 12.1 Å². The molecule has 0 bridgehead atoms. The summed E-state index contributed by atoms with van der Waals surface area (Å²) in [5.74, 6) is 2.68. The normalized spacial score (nSPS) is 10.9. The molecule has 0 saturated carbocycles. The zero-order valence-corrected chi connectivity index (χ0v) is 15.4. The van der Waals surface area contributed by atoms with E-state index in [9.17, 15) is 0 Å². The Labute approximate surface area is 155 Å². The van der Waals surface area contributed by atoms with Crippen molar-refractivity contribution in [2.75, 3.05) is 21.3 Å². The Bertz CT molecular complexity index is 994. The predicted octanol–water partition coefficient (Wildman–Crippen LogP) is 3.52. The van der Waals surface area contributed by atoms with Crippen molar-refractivity contribution >= 4 is 18.4 Å². The van der Waals surface area contributed by atoms with Crippen LogP contribution in [0.3, 0.4) is 0 Å². The molecule has 3 aromatic rings. The third kappa shape index (κ3) is 3.60. The van der Waals surface area contributed by atoms with Gasteiger partial charge in [-0.2, -0.15) is 14.9 Å². The summed E-state index contributed by atoms with van der Waals surface area (Å²) in [6, 6.07) is 13.0. The molecule has 0 fully saturated rings. The molecular weight excluding hydrogens is 352 g/mol. The highest BCUT2D eigenvalue weighted by atomic mass is 32.1. The van der Waals surface area contributed by atoms with E-state index in [2.05, 4.69) is 15.3 Å². The molecule has 26 heavy (non-hydrogen) atoms. The zero-order chi connectivity index (χ0) is 18.5. The van der Waals surface area contributed by atoms with Crippen LogP contribution in [0.1, 0.15) is 5.56 Å². The van der Waals surface area contributed by atoms with Gasteiger partial charge in [0.25, 0.3) is 0 Å². The minimum absolute atomic E-state index is 0.376. The van der Waals surface area contributed by atoms with E-state index in [0.717, 1.165) is 16.9 Å². The monoisotopic (exact) mass is 370 g/mol. The lowest BCUT2D eigenvalue weighted by Crippen LogP contribution is -1.97. The molecule has 0 saturated heterocycles. The molecule has 0 amide bonds. The number of hydrogen-bond acceptors (Lipinski definition) is 6. The first kappa shape index (κ1) is 17.7. The lowest BCUT2D eigenvalue weighted by atomic mass is 10.2. The molecule has 8 heteroatoms. The smallest absolute Gasteiger partial charge is 0.216 e. The molecule has 2 aromatic carbocycles. The largest absolute Gasteiger partial charge is 0.497 e. The summed E-state index contributed by atoms with van der Waals surface area (Å²) in [6.45, 7) is 0. The van der Waals surface area contributed by atoms with Crippen molar-refractivity contribution in [3.63, 3.8) is 0 Å². The highest BCUT2D eigenvalue weighted by molar-refractivity contribution is 7.71. The maximum atomic E-state index is 5.37. The number of nitrogens with one attached hydrogen (secondary N) is 1. The number of benzene rings is 2. The number of aromatic nitrogens is 3. The Balaban J connectivity index is 2.02. The standard InChI is InChI=1S/C18H18N4O3S/c1-23-14-6-4-5-12(9-14)17-20-21-18(26)22(17)19-11-13-10-15(24-2)7-8-16(13)25-3/h4-11H,1-3H3,(H,21,26)/b19-11-. The van der Waals surface area contributed by atoms with Gasteiger partial charge in [-0.15, -0.1) is 0 Å². The van der Waals surface area contributed by atoms with Crippen molar-refractivity contribution in [1.82, 2.24) is 14.9 Å². The van der Waals surface area contributed by atoms with Crippen molar-refractivity contribution in [3.8, 4) is 28.6 Å². The van der Waals surface area contributed by atoms with Crippen molar-refractivity contribution in [1.29, 1.82) is 0 Å². The molecule has 0 unspecified atom stereocenters. The summed E-state index contributed by atoms with van der Waals surface area (Å²) in [6.07, 6.45) is 1.65. The highest BCUT2D eigenvalue weighted by Gasteiger charge is 2.10. The van der Waals surface area contributed by atoms with Crippen LogP contribution >= 0.6 is 12.2 Å². The minimum atomic E-state index is 0.376. The van der Waals surface area contributed by atoms with Gasteiger partial charge in [0.15, 0.2) is 5.82 Å². The summed E-state index contributed by atoms with van der Waals surface area (Å²) in [5.41, 5.74) is 1.58. The lowest BCUT2D eigenvalue weighted by Gasteiger charge is -2.07. The number of nitrogens with zero attached hydrogens (tertiary/aromatic N) is 3. The van der Waals surface area contributed by atoms with Crippen LogP contribution in [0.5, 0.6) is 17.2 Å². The fraction of sp³-hybridized carbons (Fsp3) is 0.167. The second-order valence-corrected chi connectivity index (χ2v) is 5.64. The minimum Gasteiger partial charge on any atom is -0.497 e. The van der Waals surface area contributed by atoms with Crippen LogP contribution in [-0.2, 0) is 0 Å². The number of H-pyrrole nitrogens is 1. The fourth-order valence-corrected chi connectivity index (χ4v) is 2.59. The molecule has 0 spiro atoms. The molecule has 0 aliphatic rings. The molecule has 1 aromatic heterocycles. The molecule has 3 rings (SSSR count). The number of aromatic amines is 1. The molecular formula is C18H18N4O3S. The molecule has 0 radical (unpaired) electrons. The third-order valence-corrected chi connectivity index (χ3v) is 3.99. The average molecular weight is 370 g/mol. The van der Waals surface area contributed by atoms with Gasteiger partial charge < -0.3 is 14.2 Å². The number of methoxy groups -OCH3 is 3. The second-order valence-electron chi connectivity index (χ2n) is 5.25. The van der Waals surface area contributed by atoms with Crippen LogP contribution in [0.2, 0.25) is 0 Å². The van der Waals surface area contributed by atoms with Crippen LogP contribution in [0.4, 0.5) is 0 Å². The van der Waals surface area contributed by atoms with E-state index < -0.39 is 0 Å². The fourth-order valence-electron chi connectivity index (χ4n) is 2.41. The average Bonchev–Trinajstić information content (AvgIpc) is 3.06. The summed E-state index contributed by atoms with van der Waals surface area (Å²) < 4.78 is 17.8. The Hall–Kier alpha value is -3.13. The quantitative estimate of drug-likeness (QED) is 0.531. The van der Waals surface area contributed by atoms with E-state index in [1.54, 1.807) is 32.2 Å².